The van der Waals surface area contributed by atoms with Gasteiger partial charge in [0.1, 0.15) is 12.1 Å². The third-order valence-electron chi connectivity index (χ3n) is 1.63. The highest BCUT2D eigenvalue weighted by Gasteiger charge is 2.41. The van der Waals surface area contributed by atoms with Crippen LogP contribution < -0.4 is 10.1 Å². The zero-order valence-electron chi connectivity index (χ0n) is 8.25. The van der Waals surface area contributed by atoms with Gasteiger partial charge < -0.3 is 10.1 Å². The van der Waals surface area contributed by atoms with Gasteiger partial charge in [0, 0.05) is 13.1 Å². The molecule has 0 saturated carbocycles. The lowest BCUT2D eigenvalue weighted by molar-refractivity contribution is -0.148. The van der Waals surface area contributed by atoms with Crippen LogP contribution >= 0.6 is 0 Å². The molecule has 0 atom stereocenters. The second-order valence-electron chi connectivity index (χ2n) is 2.84. The zero-order valence-corrected chi connectivity index (χ0v) is 8.25. The van der Waals surface area contributed by atoms with Gasteiger partial charge in [-0.15, -0.1) is 0 Å². The number of hydrogen-bond acceptors (Lipinski definition) is 4. The number of nitrogens with zero attached hydrogens (tertiary/aromatic N) is 2. The minimum Gasteiger partial charge on any atom is -0.471 e. The van der Waals surface area contributed by atoms with E-state index in [-0.39, 0.29) is 5.88 Å². The van der Waals surface area contributed by atoms with Crippen LogP contribution in [0.5, 0.6) is 5.88 Å². The molecule has 0 amide bonds. The van der Waals surface area contributed by atoms with Crippen LogP contribution in [0.2, 0.25) is 0 Å². The molecule has 1 rings (SSSR count). The van der Waals surface area contributed by atoms with Crippen molar-refractivity contribution in [2.24, 2.45) is 0 Å². The van der Waals surface area contributed by atoms with Crippen LogP contribution in [0.3, 0.4) is 0 Å². The molecular formula is C8H9F4N3O. The number of alkyl halides is 4. The van der Waals surface area contributed by atoms with E-state index in [0.717, 1.165) is 6.33 Å². The lowest BCUT2D eigenvalue weighted by atomic mass is 10.4. The van der Waals surface area contributed by atoms with Crippen molar-refractivity contribution in [1.82, 2.24) is 9.97 Å². The van der Waals surface area contributed by atoms with E-state index in [0.29, 0.717) is 5.82 Å². The lowest BCUT2D eigenvalue weighted by Crippen LogP contribution is -2.33. The summed E-state index contributed by atoms with van der Waals surface area (Å²) in [6, 6.07) is 1.22. The maximum Gasteiger partial charge on any atom is 0.340 e. The minimum atomic E-state index is -4.19. The summed E-state index contributed by atoms with van der Waals surface area (Å²) in [6.07, 6.45) is -2.69. The van der Waals surface area contributed by atoms with Gasteiger partial charge in [-0.2, -0.15) is 8.78 Å². The molecule has 16 heavy (non-hydrogen) atoms. The Labute approximate surface area is 88.7 Å². The highest BCUT2D eigenvalue weighted by molar-refractivity contribution is 5.35. The normalized spacial score (nSPS) is 11.6. The second kappa shape index (κ2) is 4.95. The van der Waals surface area contributed by atoms with E-state index in [9.17, 15) is 17.6 Å². The molecule has 0 aliphatic carbocycles. The van der Waals surface area contributed by atoms with Gasteiger partial charge in [0.05, 0.1) is 0 Å². The molecule has 0 radical (unpaired) electrons. The summed E-state index contributed by atoms with van der Waals surface area (Å²) in [5, 5.41) is 2.62. The average Bonchev–Trinajstić information content (AvgIpc) is 2.26. The third-order valence-corrected chi connectivity index (χ3v) is 1.63. The van der Waals surface area contributed by atoms with Gasteiger partial charge in [0.25, 0.3) is 0 Å². The summed E-state index contributed by atoms with van der Waals surface area (Å²) in [6.45, 7) is -1.43. The first-order valence-electron chi connectivity index (χ1n) is 4.24. The zero-order chi connectivity index (χ0) is 12.2. The van der Waals surface area contributed by atoms with Gasteiger partial charge in [-0.05, 0) is 0 Å². The molecule has 90 valence electrons. The first-order valence-corrected chi connectivity index (χ1v) is 4.24. The number of ether oxygens (including phenoxy) is 1. The summed E-state index contributed by atoms with van der Waals surface area (Å²) in [5.74, 6) is -4.05. The molecule has 0 bridgehead atoms. The van der Waals surface area contributed by atoms with Crippen molar-refractivity contribution in [3.05, 3.63) is 12.4 Å². The molecule has 0 aliphatic rings. The molecular weight excluding hydrogens is 230 g/mol. The first-order chi connectivity index (χ1) is 7.45. The van der Waals surface area contributed by atoms with Gasteiger partial charge in [-0.1, -0.05) is 0 Å². The van der Waals surface area contributed by atoms with Crippen LogP contribution in [0.1, 0.15) is 0 Å². The van der Waals surface area contributed by atoms with Crippen LogP contribution in [0.4, 0.5) is 23.4 Å². The Balaban J connectivity index is 2.60. The van der Waals surface area contributed by atoms with E-state index in [1.165, 1.54) is 6.07 Å². The SMILES string of the molecule is CNc1cc(OCC(F)(F)C(F)F)ncn1. The van der Waals surface area contributed by atoms with Crippen molar-refractivity contribution in [3.8, 4) is 5.88 Å². The number of nitrogens with one attached hydrogen (secondary N) is 1. The van der Waals surface area contributed by atoms with E-state index in [4.69, 9.17) is 0 Å². The molecule has 0 fully saturated rings. The van der Waals surface area contributed by atoms with Crippen molar-refractivity contribution in [3.63, 3.8) is 0 Å². The molecule has 0 unspecified atom stereocenters. The van der Waals surface area contributed by atoms with E-state index in [1.54, 1.807) is 7.05 Å². The summed E-state index contributed by atoms with van der Waals surface area (Å²) >= 11 is 0. The summed E-state index contributed by atoms with van der Waals surface area (Å²) < 4.78 is 53.0. The fraction of sp³-hybridized carbons (Fsp3) is 0.500. The summed E-state index contributed by atoms with van der Waals surface area (Å²) in [7, 11) is 1.56. The fourth-order valence-electron chi connectivity index (χ4n) is 0.788. The number of aromatic nitrogens is 2. The van der Waals surface area contributed by atoms with Crippen LogP contribution in [-0.4, -0.2) is 36.0 Å². The molecule has 0 aliphatic heterocycles. The largest absolute Gasteiger partial charge is 0.471 e. The lowest BCUT2D eigenvalue weighted by Gasteiger charge is -2.15. The Kier molecular flexibility index (Phi) is 3.86. The first kappa shape index (κ1) is 12.5. The molecule has 8 heteroatoms. The Morgan fingerprint density at radius 2 is 2.12 bits per heavy atom. The smallest absolute Gasteiger partial charge is 0.340 e. The Morgan fingerprint density at radius 1 is 1.44 bits per heavy atom. The highest BCUT2D eigenvalue weighted by atomic mass is 19.3. The minimum absolute atomic E-state index is 0.195. The summed E-state index contributed by atoms with van der Waals surface area (Å²) in [4.78, 5) is 7.20. The van der Waals surface area contributed by atoms with E-state index in [2.05, 4.69) is 20.0 Å². The average molecular weight is 239 g/mol. The van der Waals surface area contributed by atoms with E-state index in [1.807, 2.05) is 0 Å². The van der Waals surface area contributed by atoms with Crippen LogP contribution in [0, 0.1) is 0 Å². The van der Waals surface area contributed by atoms with Crippen LogP contribution in [-0.2, 0) is 0 Å². The molecule has 0 spiro atoms. The highest BCUT2D eigenvalue weighted by Crippen LogP contribution is 2.23. The van der Waals surface area contributed by atoms with E-state index < -0.39 is 19.0 Å². The fourth-order valence-corrected chi connectivity index (χ4v) is 0.788. The van der Waals surface area contributed by atoms with Crippen molar-refractivity contribution in [2.75, 3.05) is 19.0 Å². The molecule has 1 N–H and O–H groups in total. The molecule has 1 heterocycles. The van der Waals surface area contributed by atoms with Crippen LogP contribution in [0.25, 0.3) is 0 Å². The number of anilines is 1. The monoisotopic (exact) mass is 239 g/mol. The van der Waals surface area contributed by atoms with Gasteiger partial charge in [-0.25, -0.2) is 18.7 Å². The predicted octanol–water partition coefficient (Wildman–Crippen LogP) is 1.80. The van der Waals surface area contributed by atoms with Gasteiger partial charge in [0.15, 0.2) is 6.61 Å². The molecule has 1 aromatic rings. The quantitative estimate of drug-likeness (QED) is 0.796. The predicted molar refractivity (Wildman–Crippen MR) is 48.0 cm³/mol. The molecule has 1 aromatic heterocycles. The topological polar surface area (TPSA) is 47.0 Å². The van der Waals surface area contributed by atoms with Crippen molar-refractivity contribution in [2.45, 2.75) is 12.3 Å². The Bertz CT molecular complexity index is 348. The second-order valence-corrected chi connectivity index (χ2v) is 2.84. The van der Waals surface area contributed by atoms with Crippen molar-refractivity contribution >= 4 is 5.82 Å². The van der Waals surface area contributed by atoms with Gasteiger partial charge in [0.2, 0.25) is 5.88 Å². The molecule has 4 nitrogen and oxygen atoms in total. The third kappa shape index (κ3) is 3.21. The van der Waals surface area contributed by atoms with E-state index >= 15 is 0 Å². The Morgan fingerprint density at radius 3 is 2.69 bits per heavy atom. The standard InChI is InChI=1S/C8H9F4N3O/c1-13-5-2-6(15-4-14-5)16-3-8(11,12)7(9)10/h2,4,7H,3H2,1H3,(H,13,14,15). The number of hydrogen-bond donors (Lipinski definition) is 1. The summed E-state index contributed by atoms with van der Waals surface area (Å²) in [5.41, 5.74) is 0. The number of halogens is 4. The molecule has 0 aromatic carbocycles. The van der Waals surface area contributed by atoms with Crippen molar-refractivity contribution in [1.29, 1.82) is 0 Å². The number of rotatable bonds is 5. The maximum atomic E-state index is 12.5. The van der Waals surface area contributed by atoms with Gasteiger partial charge >= 0.3 is 12.3 Å². The van der Waals surface area contributed by atoms with Crippen molar-refractivity contribution < 1.29 is 22.3 Å². The van der Waals surface area contributed by atoms with Gasteiger partial charge in [-0.3, -0.25) is 0 Å². The molecule has 0 saturated heterocycles. The maximum absolute atomic E-state index is 12.5. The Hall–Kier alpha value is -1.60. The van der Waals surface area contributed by atoms with Crippen LogP contribution in [0.15, 0.2) is 12.4 Å².